The quantitative estimate of drug-likeness (QED) is 0.844. The molecule has 1 aromatic carbocycles. The minimum absolute atomic E-state index is 0.117. The highest BCUT2D eigenvalue weighted by molar-refractivity contribution is 7.90. The fourth-order valence-electron chi connectivity index (χ4n) is 2.95. The molecular weight excluding hydrogens is 274 g/mol. The molecule has 2 atom stereocenters. The Morgan fingerprint density at radius 3 is 2.90 bits per heavy atom. The van der Waals surface area contributed by atoms with Crippen molar-refractivity contribution >= 4 is 15.9 Å². The lowest BCUT2D eigenvalue weighted by Gasteiger charge is -2.35. The highest BCUT2D eigenvalue weighted by atomic mass is 32.2. The van der Waals surface area contributed by atoms with Crippen molar-refractivity contribution in [3.63, 3.8) is 0 Å². The van der Waals surface area contributed by atoms with Crippen molar-refractivity contribution in [2.45, 2.75) is 30.7 Å². The van der Waals surface area contributed by atoms with Gasteiger partial charge in [-0.1, -0.05) is 12.1 Å². The Balaban J connectivity index is 1.95. The van der Waals surface area contributed by atoms with Crippen molar-refractivity contribution in [2.24, 2.45) is 16.0 Å². The van der Waals surface area contributed by atoms with E-state index in [2.05, 4.69) is 9.30 Å². The first-order chi connectivity index (χ1) is 9.49. The van der Waals surface area contributed by atoms with E-state index in [9.17, 15) is 8.42 Å². The molecule has 0 bridgehead atoms. The second-order valence-electron chi connectivity index (χ2n) is 5.59. The smallest absolute Gasteiger partial charge is 0.285 e. The number of amidine groups is 1. The number of nitrogens with two attached hydrogens (primary N) is 1. The second-order valence-corrected chi connectivity index (χ2v) is 7.17. The first-order valence-electron chi connectivity index (χ1n) is 6.94. The van der Waals surface area contributed by atoms with Crippen molar-refractivity contribution in [2.75, 3.05) is 13.1 Å². The van der Waals surface area contributed by atoms with Gasteiger partial charge in [0.05, 0.1) is 0 Å². The molecule has 0 saturated carbocycles. The highest BCUT2D eigenvalue weighted by Crippen LogP contribution is 2.30. The van der Waals surface area contributed by atoms with E-state index in [0.29, 0.717) is 16.6 Å². The van der Waals surface area contributed by atoms with E-state index >= 15 is 0 Å². The fraction of sp³-hybridized carbons (Fsp3) is 0.500. The van der Waals surface area contributed by atoms with Crippen LogP contribution >= 0.6 is 0 Å². The summed E-state index contributed by atoms with van der Waals surface area (Å²) >= 11 is 0. The molecule has 2 unspecified atom stereocenters. The first kappa shape index (κ1) is 13.6. The summed E-state index contributed by atoms with van der Waals surface area (Å²) in [5.74, 6) is 0.980. The van der Waals surface area contributed by atoms with Crippen LogP contribution in [0.25, 0.3) is 0 Å². The Bertz CT molecular complexity index is 652. The van der Waals surface area contributed by atoms with Gasteiger partial charge in [-0.2, -0.15) is 8.42 Å². The lowest BCUT2D eigenvalue weighted by molar-refractivity contribution is 0.235. The Hall–Kier alpha value is -1.40. The van der Waals surface area contributed by atoms with E-state index in [1.807, 2.05) is 19.1 Å². The third kappa shape index (κ3) is 2.23. The number of sulfonamides is 1. The van der Waals surface area contributed by atoms with Crippen LogP contribution < -0.4 is 5.73 Å². The van der Waals surface area contributed by atoms with Crippen LogP contribution in [0.3, 0.4) is 0 Å². The summed E-state index contributed by atoms with van der Waals surface area (Å²) in [5, 5.41) is 0. The predicted molar refractivity (Wildman–Crippen MR) is 78.1 cm³/mol. The minimum Gasteiger partial charge on any atom is -0.355 e. The molecule has 1 saturated heterocycles. The van der Waals surface area contributed by atoms with Gasteiger partial charge < -0.3 is 10.6 Å². The fourth-order valence-corrected chi connectivity index (χ4v) is 4.18. The van der Waals surface area contributed by atoms with Gasteiger partial charge in [-0.05, 0) is 37.8 Å². The maximum Gasteiger partial charge on any atom is 0.285 e. The molecule has 108 valence electrons. The molecular formula is C14H19N3O2S. The number of likely N-dealkylation sites (tertiary alicyclic amines) is 1. The van der Waals surface area contributed by atoms with Gasteiger partial charge in [0.2, 0.25) is 0 Å². The maximum absolute atomic E-state index is 12.1. The highest BCUT2D eigenvalue weighted by Gasteiger charge is 2.34. The average Bonchev–Trinajstić information content (AvgIpc) is 2.72. The summed E-state index contributed by atoms with van der Waals surface area (Å²) in [6.45, 7) is 3.63. The number of benzene rings is 1. The van der Waals surface area contributed by atoms with Crippen LogP contribution in [0.5, 0.6) is 0 Å². The van der Waals surface area contributed by atoms with Crippen molar-refractivity contribution < 1.29 is 8.42 Å². The van der Waals surface area contributed by atoms with Gasteiger partial charge in [-0.25, -0.2) is 0 Å². The summed E-state index contributed by atoms with van der Waals surface area (Å²) in [5.41, 5.74) is 6.71. The molecule has 0 amide bonds. The molecule has 1 aromatic rings. The molecule has 2 aliphatic rings. The summed E-state index contributed by atoms with van der Waals surface area (Å²) in [4.78, 5) is 2.39. The molecule has 5 nitrogen and oxygen atoms in total. The second kappa shape index (κ2) is 4.86. The van der Waals surface area contributed by atoms with Crippen molar-refractivity contribution in [1.29, 1.82) is 0 Å². The number of rotatable bonds is 1. The third-order valence-electron chi connectivity index (χ3n) is 4.11. The summed E-state index contributed by atoms with van der Waals surface area (Å²) < 4.78 is 28.1. The van der Waals surface area contributed by atoms with Gasteiger partial charge in [0.15, 0.2) is 5.84 Å². The third-order valence-corrected chi connectivity index (χ3v) is 5.44. The number of hydrogen-bond donors (Lipinski definition) is 1. The van der Waals surface area contributed by atoms with Crippen LogP contribution in [0, 0.1) is 5.92 Å². The van der Waals surface area contributed by atoms with Gasteiger partial charge in [0, 0.05) is 24.7 Å². The van der Waals surface area contributed by atoms with Gasteiger partial charge in [-0.3, -0.25) is 0 Å². The molecule has 6 heteroatoms. The standard InChI is InChI=1S/C14H19N3O2S/c1-10(15)11-5-4-8-17(9-11)14-12-6-2-3-7-13(12)20(18,19)16-14/h2-3,6-7,10-11H,4-5,8-9,15H2,1H3. The topological polar surface area (TPSA) is 75.8 Å². The lowest BCUT2D eigenvalue weighted by Crippen LogP contribution is -2.45. The number of hydrogen-bond acceptors (Lipinski definition) is 4. The average molecular weight is 293 g/mol. The molecule has 1 fully saturated rings. The van der Waals surface area contributed by atoms with Crippen LogP contribution in [0.4, 0.5) is 0 Å². The van der Waals surface area contributed by atoms with Crippen LogP contribution in [0.1, 0.15) is 25.3 Å². The van der Waals surface area contributed by atoms with Gasteiger partial charge in [0.25, 0.3) is 10.0 Å². The molecule has 0 radical (unpaired) electrons. The summed E-state index contributed by atoms with van der Waals surface area (Å²) in [6.07, 6.45) is 2.11. The zero-order valence-electron chi connectivity index (χ0n) is 11.5. The Morgan fingerprint density at radius 1 is 1.40 bits per heavy atom. The largest absolute Gasteiger partial charge is 0.355 e. The number of piperidine rings is 1. The Kier molecular flexibility index (Phi) is 3.30. The molecule has 2 N–H and O–H groups in total. The summed E-state index contributed by atoms with van der Waals surface area (Å²) in [6, 6.07) is 7.15. The zero-order chi connectivity index (χ0) is 14.3. The van der Waals surface area contributed by atoms with E-state index < -0.39 is 10.0 Å². The molecule has 2 heterocycles. The number of nitrogens with zero attached hydrogens (tertiary/aromatic N) is 2. The van der Waals surface area contributed by atoms with Crippen LogP contribution in [0.15, 0.2) is 33.6 Å². The Labute approximate surface area is 119 Å². The first-order valence-corrected chi connectivity index (χ1v) is 8.38. The molecule has 0 aliphatic carbocycles. The number of fused-ring (bicyclic) bond motifs is 1. The zero-order valence-corrected chi connectivity index (χ0v) is 12.3. The SMILES string of the molecule is CC(N)C1CCCN(C2=NS(=O)(=O)c3ccccc32)C1. The van der Waals surface area contributed by atoms with Crippen molar-refractivity contribution in [3.8, 4) is 0 Å². The van der Waals surface area contributed by atoms with E-state index in [4.69, 9.17) is 5.73 Å². The van der Waals surface area contributed by atoms with Crippen LogP contribution in [-0.4, -0.2) is 38.3 Å². The van der Waals surface area contributed by atoms with E-state index in [-0.39, 0.29) is 6.04 Å². The van der Waals surface area contributed by atoms with Gasteiger partial charge in [-0.15, -0.1) is 4.40 Å². The van der Waals surface area contributed by atoms with Crippen molar-refractivity contribution in [1.82, 2.24) is 4.90 Å². The molecule has 20 heavy (non-hydrogen) atoms. The Morgan fingerprint density at radius 2 is 2.15 bits per heavy atom. The van der Waals surface area contributed by atoms with E-state index in [1.165, 1.54) is 0 Å². The van der Waals surface area contributed by atoms with Crippen molar-refractivity contribution in [3.05, 3.63) is 29.8 Å². The van der Waals surface area contributed by atoms with Crippen LogP contribution in [-0.2, 0) is 10.0 Å². The van der Waals surface area contributed by atoms with E-state index in [0.717, 1.165) is 31.5 Å². The van der Waals surface area contributed by atoms with Gasteiger partial charge >= 0.3 is 0 Å². The monoisotopic (exact) mass is 293 g/mol. The van der Waals surface area contributed by atoms with Gasteiger partial charge in [0.1, 0.15) is 4.90 Å². The molecule has 3 rings (SSSR count). The van der Waals surface area contributed by atoms with E-state index in [1.54, 1.807) is 12.1 Å². The summed E-state index contributed by atoms with van der Waals surface area (Å²) in [7, 11) is -3.53. The normalized spacial score (nSPS) is 26.0. The molecule has 2 aliphatic heterocycles. The predicted octanol–water partition coefficient (Wildman–Crippen LogP) is 1.19. The van der Waals surface area contributed by atoms with Crippen LogP contribution in [0.2, 0.25) is 0 Å². The minimum atomic E-state index is -3.53. The maximum atomic E-state index is 12.1. The lowest BCUT2D eigenvalue weighted by atomic mass is 9.92. The molecule has 0 aromatic heterocycles. The molecule has 0 spiro atoms.